The van der Waals surface area contributed by atoms with Crippen LogP contribution in [0.15, 0.2) is 24.3 Å². The number of amides is 1. The molecule has 112 valence electrons. The Balaban J connectivity index is 1.75. The van der Waals surface area contributed by atoms with Crippen molar-refractivity contribution in [2.24, 2.45) is 5.92 Å². The molecule has 0 spiro atoms. The van der Waals surface area contributed by atoms with Gasteiger partial charge in [0.1, 0.15) is 0 Å². The monoisotopic (exact) mass is 307 g/mol. The van der Waals surface area contributed by atoms with Crippen LogP contribution in [0.2, 0.25) is 0 Å². The van der Waals surface area contributed by atoms with Crippen molar-refractivity contribution in [3.63, 3.8) is 0 Å². The van der Waals surface area contributed by atoms with Crippen LogP contribution in [0.4, 0.5) is 5.69 Å². The summed E-state index contributed by atoms with van der Waals surface area (Å²) in [7, 11) is -3.05. The van der Waals surface area contributed by atoms with Gasteiger partial charge in [-0.2, -0.15) is 0 Å². The van der Waals surface area contributed by atoms with Gasteiger partial charge in [-0.1, -0.05) is 0 Å². The first-order valence-corrected chi connectivity index (χ1v) is 8.93. The summed E-state index contributed by atoms with van der Waals surface area (Å²) in [6.07, 6.45) is 1.84. The predicted octanol–water partition coefficient (Wildman–Crippen LogP) is 1.43. The lowest BCUT2D eigenvalue weighted by molar-refractivity contribution is -0.117. The molecule has 1 atom stereocenters. The molecule has 2 saturated heterocycles. The Bertz CT molecular complexity index is 678. The van der Waals surface area contributed by atoms with E-state index in [1.165, 1.54) is 0 Å². The van der Waals surface area contributed by atoms with Crippen LogP contribution in [0.5, 0.6) is 0 Å². The molecule has 5 nitrogen and oxygen atoms in total. The largest absolute Gasteiger partial charge is 0.312 e. The first kappa shape index (κ1) is 14.3. The molecule has 0 N–H and O–H groups in total. The zero-order valence-corrected chi connectivity index (χ0v) is 12.4. The van der Waals surface area contributed by atoms with Gasteiger partial charge in [0.25, 0.3) is 0 Å². The maximum atomic E-state index is 12.3. The van der Waals surface area contributed by atoms with Gasteiger partial charge in [-0.25, -0.2) is 8.42 Å². The number of anilines is 1. The number of benzene rings is 1. The van der Waals surface area contributed by atoms with Gasteiger partial charge in [-0.15, -0.1) is 0 Å². The Morgan fingerprint density at radius 1 is 1.19 bits per heavy atom. The maximum Gasteiger partial charge on any atom is 0.227 e. The van der Waals surface area contributed by atoms with E-state index in [9.17, 15) is 18.0 Å². The molecule has 0 bridgehead atoms. The fourth-order valence-corrected chi connectivity index (χ4v) is 4.71. The van der Waals surface area contributed by atoms with Crippen LogP contribution < -0.4 is 4.90 Å². The Morgan fingerprint density at radius 3 is 2.43 bits per heavy atom. The lowest BCUT2D eigenvalue weighted by Crippen LogP contribution is -2.23. The number of sulfone groups is 1. The molecular weight excluding hydrogens is 290 g/mol. The number of Topliss-reactive ketones (excluding diaryl/α,β-unsaturated/α-hetero) is 1. The number of ketones is 1. The second-order valence-electron chi connectivity index (χ2n) is 5.66. The summed E-state index contributed by atoms with van der Waals surface area (Å²) in [4.78, 5) is 25.7. The Labute approximate surface area is 123 Å². The van der Waals surface area contributed by atoms with E-state index in [1.807, 2.05) is 0 Å². The second kappa shape index (κ2) is 5.26. The fourth-order valence-electron chi connectivity index (χ4n) is 2.96. The molecule has 0 saturated carbocycles. The van der Waals surface area contributed by atoms with E-state index in [-0.39, 0.29) is 23.2 Å². The third kappa shape index (κ3) is 2.85. The van der Waals surface area contributed by atoms with E-state index in [2.05, 4.69) is 0 Å². The molecule has 1 amide bonds. The minimum atomic E-state index is -3.05. The molecule has 1 unspecified atom stereocenters. The summed E-state index contributed by atoms with van der Waals surface area (Å²) >= 11 is 0. The molecule has 21 heavy (non-hydrogen) atoms. The summed E-state index contributed by atoms with van der Waals surface area (Å²) in [6.45, 7) is 0.715. The minimum absolute atomic E-state index is 0.0435. The summed E-state index contributed by atoms with van der Waals surface area (Å²) in [6, 6.07) is 6.90. The van der Waals surface area contributed by atoms with Crippen molar-refractivity contribution >= 4 is 27.2 Å². The SMILES string of the molecule is O=C(c1ccc(N2CCCC2=O)cc1)C1CCS(=O)(=O)C1. The number of carbonyl (C=O) groups excluding carboxylic acids is 2. The second-order valence-corrected chi connectivity index (χ2v) is 7.89. The Morgan fingerprint density at radius 2 is 1.90 bits per heavy atom. The lowest BCUT2D eigenvalue weighted by atomic mass is 9.97. The van der Waals surface area contributed by atoms with Crippen LogP contribution in [-0.2, 0) is 14.6 Å². The third-order valence-electron chi connectivity index (χ3n) is 4.14. The van der Waals surface area contributed by atoms with Gasteiger partial charge in [0, 0.05) is 30.1 Å². The average Bonchev–Trinajstić information content (AvgIpc) is 3.04. The van der Waals surface area contributed by atoms with Crippen LogP contribution in [0, 0.1) is 5.92 Å². The summed E-state index contributed by atoms with van der Waals surface area (Å²) < 4.78 is 22.9. The predicted molar refractivity (Wildman–Crippen MR) is 79.1 cm³/mol. The lowest BCUT2D eigenvalue weighted by Gasteiger charge is -2.16. The minimum Gasteiger partial charge on any atom is -0.312 e. The van der Waals surface area contributed by atoms with Crippen molar-refractivity contribution in [2.45, 2.75) is 19.3 Å². The van der Waals surface area contributed by atoms with Crippen molar-refractivity contribution in [3.8, 4) is 0 Å². The fraction of sp³-hybridized carbons (Fsp3) is 0.467. The van der Waals surface area contributed by atoms with Crippen molar-refractivity contribution in [1.82, 2.24) is 0 Å². The van der Waals surface area contributed by atoms with Crippen LogP contribution in [-0.4, -0.2) is 38.2 Å². The van der Waals surface area contributed by atoms with Gasteiger partial charge in [-0.3, -0.25) is 9.59 Å². The number of rotatable bonds is 3. The van der Waals surface area contributed by atoms with E-state index in [0.717, 1.165) is 12.1 Å². The van der Waals surface area contributed by atoms with Gasteiger partial charge in [-0.05, 0) is 37.1 Å². The molecule has 2 fully saturated rings. The maximum absolute atomic E-state index is 12.3. The smallest absolute Gasteiger partial charge is 0.227 e. The zero-order valence-electron chi connectivity index (χ0n) is 11.6. The number of carbonyl (C=O) groups is 2. The molecule has 0 radical (unpaired) electrons. The summed E-state index contributed by atoms with van der Waals surface area (Å²) in [5.41, 5.74) is 1.32. The molecule has 2 aliphatic rings. The number of nitrogens with zero attached hydrogens (tertiary/aromatic N) is 1. The van der Waals surface area contributed by atoms with E-state index in [4.69, 9.17) is 0 Å². The highest BCUT2D eigenvalue weighted by Crippen LogP contribution is 2.25. The normalized spacial score (nSPS) is 24.5. The van der Waals surface area contributed by atoms with Crippen LogP contribution in [0.1, 0.15) is 29.6 Å². The van der Waals surface area contributed by atoms with E-state index < -0.39 is 15.8 Å². The molecule has 6 heteroatoms. The highest BCUT2D eigenvalue weighted by atomic mass is 32.2. The topological polar surface area (TPSA) is 71.5 Å². The van der Waals surface area contributed by atoms with Crippen molar-refractivity contribution in [2.75, 3.05) is 23.0 Å². The average molecular weight is 307 g/mol. The molecule has 1 aromatic carbocycles. The van der Waals surface area contributed by atoms with Crippen molar-refractivity contribution < 1.29 is 18.0 Å². The van der Waals surface area contributed by atoms with E-state index in [0.29, 0.717) is 24.9 Å². The quantitative estimate of drug-likeness (QED) is 0.792. The molecule has 0 aliphatic carbocycles. The van der Waals surface area contributed by atoms with E-state index >= 15 is 0 Å². The number of hydrogen-bond acceptors (Lipinski definition) is 4. The molecule has 2 aliphatic heterocycles. The molecular formula is C15H17NO4S. The molecule has 1 aromatic rings. The molecule has 2 heterocycles. The van der Waals surface area contributed by atoms with Gasteiger partial charge in [0.05, 0.1) is 11.5 Å². The molecule has 3 rings (SSSR count). The first-order chi connectivity index (χ1) is 9.96. The third-order valence-corrected chi connectivity index (χ3v) is 5.91. The van der Waals surface area contributed by atoms with E-state index in [1.54, 1.807) is 29.2 Å². The van der Waals surface area contributed by atoms with Crippen molar-refractivity contribution in [1.29, 1.82) is 0 Å². The highest BCUT2D eigenvalue weighted by Gasteiger charge is 2.33. The summed E-state index contributed by atoms with van der Waals surface area (Å²) in [5.74, 6) is -0.372. The summed E-state index contributed by atoms with van der Waals surface area (Å²) in [5, 5.41) is 0. The Hall–Kier alpha value is -1.69. The first-order valence-electron chi connectivity index (χ1n) is 7.11. The Kier molecular flexibility index (Phi) is 3.57. The number of hydrogen-bond donors (Lipinski definition) is 0. The highest BCUT2D eigenvalue weighted by molar-refractivity contribution is 7.91. The van der Waals surface area contributed by atoms with Gasteiger partial charge in [0.2, 0.25) is 5.91 Å². The van der Waals surface area contributed by atoms with Crippen molar-refractivity contribution in [3.05, 3.63) is 29.8 Å². The van der Waals surface area contributed by atoms with Crippen LogP contribution >= 0.6 is 0 Å². The zero-order chi connectivity index (χ0) is 15.0. The van der Waals surface area contributed by atoms with Crippen LogP contribution in [0.3, 0.4) is 0 Å². The van der Waals surface area contributed by atoms with Gasteiger partial charge in [0.15, 0.2) is 15.6 Å². The van der Waals surface area contributed by atoms with Gasteiger partial charge >= 0.3 is 0 Å². The molecule has 0 aromatic heterocycles. The van der Waals surface area contributed by atoms with Crippen LogP contribution in [0.25, 0.3) is 0 Å². The van der Waals surface area contributed by atoms with Gasteiger partial charge < -0.3 is 4.90 Å². The standard InChI is InChI=1S/C15H17NO4S/c17-14-2-1-8-16(14)13-5-3-11(4-6-13)15(18)12-7-9-21(19,20)10-12/h3-6,12H,1-2,7-10H2.